The lowest BCUT2D eigenvalue weighted by Gasteiger charge is -2.18. The molecule has 0 bridgehead atoms. The van der Waals surface area contributed by atoms with Gasteiger partial charge in [-0.15, -0.1) is 0 Å². The van der Waals surface area contributed by atoms with E-state index in [4.69, 9.17) is 4.74 Å². The summed E-state index contributed by atoms with van der Waals surface area (Å²) in [4.78, 5) is 34.8. The van der Waals surface area contributed by atoms with Gasteiger partial charge < -0.3 is 10.1 Å². The molecule has 0 heterocycles. The van der Waals surface area contributed by atoms with Crippen LogP contribution in [-0.4, -0.2) is 56.6 Å². The van der Waals surface area contributed by atoms with Crippen molar-refractivity contribution in [2.45, 2.75) is 38.2 Å². The Morgan fingerprint density at radius 3 is 2.27 bits per heavy atom. The molecule has 1 amide bonds. The highest BCUT2D eigenvalue weighted by atomic mass is 32.2. The maximum atomic E-state index is 12.5. The number of carbonyl (C=O) groups excluding carboxylic acids is 3. The van der Waals surface area contributed by atoms with Gasteiger partial charge in [-0.25, -0.2) is 8.42 Å². The van der Waals surface area contributed by atoms with Crippen molar-refractivity contribution in [3.8, 4) is 0 Å². The summed E-state index contributed by atoms with van der Waals surface area (Å²) >= 11 is 0. The van der Waals surface area contributed by atoms with Crippen molar-refractivity contribution in [1.29, 1.82) is 0 Å². The summed E-state index contributed by atoms with van der Waals surface area (Å²) in [5, 5.41) is 2.59. The molecular weight excluding hydrogens is 360 g/mol. The smallest absolute Gasteiger partial charge is 0.322 e. The topological polar surface area (TPSA) is 110 Å². The summed E-state index contributed by atoms with van der Waals surface area (Å²) < 4.78 is 30.7. The largest absolute Gasteiger partial charge is 0.452 e. The van der Waals surface area contributed by atoms with E-state index in [-0.39, 0.29) is 10.7 Å². The van der Waals surface area contributed by atoms with Crippen molar-refractivity contribution < 1.29 is 27.5 Å². The molecule has 0 saturated carbocycles. The molecule has 0 fully saturated rings. The molecule has 9 heteroatoms. The molecule has 144 valence electrons. The van der Waals surface area contributed by atoms with Gasteiger partial charge >= 0.3 is 5.97 Å². The second kappa shape index (κ2) is 9.44. The van der Waals surface area contributed by atoms with Crippen LogP contribution in [0.15, 0.2) is 29.2 Å². The van der Waals surface area contributed by atoms with Gasteiger partial charge in [0.05, 0.1) is 4.90 Å². The number of hydrogen-bond acceptors (Lipinski definition) is 6. The summed E-state index contributed by atoms with van der Waals surface area (Å²) in [6, 6.07) is 5.41. The van der Waals surface area contributed by atoms with Crippen LogP contribution in [0.1, 0.15) is 37.6 Å². The Morgan fingerprint density at radius 2 is 1.77 bits per heavy atom. The lowest BCUT2D eigenvalue weighted by Crippen LogP contribution is -2.39. The number of nitrogens with zero attached hydrogens (tertiary/aromatic N) is 1. The standard InChI is InChI=1S/C17H24N2O6S/c1-5-10-18-17(22)13(3)25-16(21)11-19(4)26(23,24)15-8-6-14(7-9-15)12(2)20/h6-9,13H,5,10-11H2,1-4H3,(H,18,22). The number of hydrogen-bond donors (Lipinski definition) is 1. The summed E-state index contributed by atoms with van der Waals surface area (Å²) in [6.07, 6.45) is -0.268. The van der Waals surface area contributed by atoms with Crippen molar-refractivity contribution >= 4 is 27.7 Å². The number of nitrogens with one attached hydrogen (secondary N) is 1. The predicted molar refractivity (Wildman–Crippen MR) is 95.1 cm³/mol. The number of ketones is 1. The average Bonchev–Trinajstić information content (AvgIpc) is 2.59. The summed E-state index contributed by atoms with van der Waals surface area (Å²) in [6.45, 7) is 4.61. The molecule has 1 unspecified atom stereocenters. The molecule has 0 aliphatic carbocycles. The Morgan fingerprint density at radius 1 is 1.19 bits per heavy atom. The van der Waals surface area contributed by atoms with Crippen LogP contribution in [0, 0.1) is 0 Å². The van der Waals surface area contributed by atoms with Crippen LogP contribution in [0.5, 0.6) is 0 Å². The molecule has 0 aliphatic heterocycles. The monoisotopic (exact) mass is 384 g/mol. The minimum Gasteiger partial charge on any atom is -0.452 e. The van der Waals surface area contributed by atoms with E-state index < -0.39 is 34.5 Å². The van der Waals surface area contributed by atoms with Crippen molar-refractivity contribution in [2.24, 2.45) is 0 Å². The molecule has 1 aromatic rings. The molecule has 26 heavy (non-hydrogen) atoms. The first-order valence-corrected chi connectivity index (χ1v) is 9.58. The summed E-state index contributed by atoms with van der Waals surface area (Å²) in [5.74, 6) is -1.46. The van der Waals surface area contributed by atoms with E-state index in [2.05, 4.69) is 5.32 Å². The number of carbonyl (C=O) groups is 3. The summed E-state index contributed by atoms with van der Waals surface area (Å²) in [5.41, 5.74) is 0.387. The van der Waals surface area contributed by atoms with Crippen LogP contribution >= 0.6 is 0 Å². The molecule has 0 saturated heterocycles. The molecule has 1 rings (SSSR count). The molecule has 0 radical (unpaired) electrons. The van der Waals surface area contributed by atoms with Gasteiger partial charge in [-0.1, -0.05) is 19.1 Å². The summed E-state index contributed by atoms with van der Waals surface area (Å²) in [7, 11) is -2.69. The van der Waals surface area contributed by atoms with Gasteiger partial charge in [0.15, 0.2) is 11.9 Å². The fourth-order valence-corrected chi connectivity index (χ4v) is 3.10. The number of likely N-dealkylation sites (N-methyl/N-ethyl adjacent to an activating group) is 1. The lowest BCUT2D eigenvalue weighted by atomic mass is 10.2. The highest BCUT2D eigenvalue weighted by molar-refractivity contribution is 7.89. The zero-order chi connectivity index (χ0) is 19.9. The van der Waals surface area contributed by atoms with E-state index in [1.54, 1.807) is 0 Å². The zero-order valence-electron chi connectivity index (χ0n) is 15.3. The average molecular weight is 384 g/mol. The van der Waals surface area contributed by atoms with Gasteiger partial charge in [0, 0.05) is 19.2 Å². The maximum Gasteiger partial charge on any atom is 0.322 e. The third-order valence-electron chi connectivity index (χ3n) is 3.55. The van der Waals surface area contributed by atoms with E-state index in [0.717, 1.165) is 10.7 Å². The fourth-order valence-electron chi connectivity index (χ4n) is 1.99. The van der Waals surface area contributed by atoms with E-state index in [1.807, 2.05) is 6.92 Å². The Balaban J connectivity index is 2.72. The van der Waals surface area contributed by atoms with Crippen LogP contribution in [0.4, 0.5) is 0 Å². The van der Waals surface area contributed by atoms with E-state index in [1.165, 1.54) is 45.2 Å². The fraction of sp³-hybridized carbons (Fsp3) is 0.471. The van der Waals surface area contributed by atoms with Crippen LogP contribution < -0.4 is 5.32 Å². The van der Waals surface area contributed by atoms with Gasteiger partial charge in [0.25, 0.3) is 5.91 Å². The maximum absolute atomic E-state index is 12.5. The molecule has 8 nitrogen and oxygen atoms in total. The van der Waals surface area contributed by atoms with Gasteiger partial charge in [0.2, 0.25) is 10.0 Å². The van der Waals surface area contributed by atoms with Gasteiger partial charge in [-0.2, -0.15) is 4.31 Å². The first-order valence-electron chi connectivity index (χ1n) is 8.14. The van der Waals surface area contributed by atoms with Crippen LogP contribution in [0.2, 0.25) is 0 Å². The Kier molecular flexibility index (Phi) is 7.91. The predicted octanol–water partition coefficient (Wildman–Crippen LogP) is 0.968. The first-order chi connectivity index (χ1) is 12.1. The number of esters is 1. The first kappa shape index (κ1) is 21.8. The molecule has 1 aromatic carbocycles. The third kappa shape index (κ3) is 5.92. The van der Waals surface area contributed by atoms with Crippen LogP contribution in [0.3, 0.4) is 0 Å². The number of sulfonamides is 1. The number of rotatable bonds is 9. The highest BCUT2D eigenvalue weighted by Gasteiger charge is 2.25. The number of benzene rings is 1. The van der Waals surface area contributed by atoms with Crippen LogP contribution in [-0.2, 0) is 24.3 Å². The van der Waals surface area contributed by atoms with Crippen molar-refractivity contribution in [1.82, 2.24) is 9.62 Å². The Bertz CT molecular complexity index is 758. The molecule has 0 aromatic heterocycles. The zero-order valence-corrected chi connectivity index (χ0v) is 16.1. The Labute approximate surface area is 153 Å². The van der Waals surface area contributed by atoms with Crippen molar-refractivity contribution in [3.05, 3.63) is 29.8 Å². The quantitative estimate of drug-likeness (QED) is 0.502. The molecular formula is C17H24N2O6S. The van der Waals surface area contributed by atoms with Gasteiger partial charge in [-0.3, -0.25) is 14.4 Å². The molecule has 0 spiro atoms. The van der Waals surface area contributed by atoms with Crippen LogP contribution in [0.25, 0.3) is 0 Å². The van der Waals surface area contributed by atoms with Gasteiger partial charge in [0.1, 0.15) is 6.54 Å². The minimum atomic E-state index is -3.93. The van der Waals surface area contributed by atoms with E-state index >= 15 is 0 Å². The van der Waals surface area contributed by atoms with Crippen molar-refractivity contribution in [3.63, 3.8) is 0 Å². The Hall–Kier alpha value is -2.26. The number of ether oxygens (including phenoxy) is 1. The SMILES string of the molecule is CCCNC(=O)C(C)OC(=O)CN(C)S(=O)(=O)c1ccc(C(C)=O)cc1. The lowest BCUT2D eigenvalue weighted by molar-refractivity contribution is -0.154. The number of Topliss-reactive ketones (excluding diaryl/α,β-unsaturated/α-hetero) is 1. The third-order valence-corrected chi connectivity index (χ3v) is 5.37. The van der Waals surface area contributed by atoms with Crippen molar-refractivity contribution in [2.75, 3.05) is 20.1 Å². The van der Waals surface area contributed by atoms with E-state index in [9.17, 15) is 22.8 Å². The van der Waals surface area contributed by atoms with E-state index in [0.29, 0.717) is 12.1 Å². The highest BCUT2D eigenvalue weighted by Crippen LogP contribution is 2.15. The number of amides is 1. The normalized spacial score (nSPS) is 12.5. The second-order valence-corrected chi connectivity index (χ2v) is 7.81. The molecule has 1 N–H and O–H groups in total. The van der Waals surface area contributed by atoms with Gasteiger partial charge in [-0.05, 0) is 32.4 Å². The molecule has 0 aliphatic rings. The minimum absolute atomic E-state index is 0.0495. The second-order valence-electron chi connectivity index (χ2n) is 5.76. The molecule has 1 atom stereocenters.